The van der Waals surface area contributed by atoms with Gasteiger partial charge in [0.25, 0.3) is 0 Å². The summed E-state index contributed by atoms with van der Waals surface area (Å²) in [5, 5.41) is 3.51. The second kappa shape index (κ2) is 3.97. The van der Waals surface area contributed by atoms with Crippen LogP contribution in [0.1, 0.15) is 22.0 Å². The highest BCUT2D eigenvalue weighted by atomic mass is 16.1. The Balaban J connectivity index is 1.92. The van der Waals surface area contributed by atoms with Gasteiger partial charge in [-0.25, -0.2) is 0 Å². The van der Waals surface area contributed by atoms with Crippen LogP contribution in [0.5, 0.6) is 0 Å². The average Bonchev–Trinajstić information content (AvgIpc) is 2.65. The number of likely N-dealkylation sites (N-methyl/N-ethyl adjacent to an activating group) is 1. The fourth-order valence-corrected chi connectivity index (χ4v) is 3.05. The summed E-state index contributed by atoms with van der Waals surface area (Å²) in [7, 11) is 2.01. The molecule has 4 rings (SSSR count). The minimum absolute atomic E-state index is 0.0452. The first kappa shape index (κ1) is 11.3. The van der Waals surface area contributed by atoms with Crippen molar-refractivity contribution in [1.29, 1.82) is 0 Å². The van der Waals surface area contributed by atoms with E-state index < -0.39 is 0 Å². The van der Waals surface area contributed by atoms with Gasteiger partial charge in [-0.15, -0.1) is 0 Å². The molecule has 20 heavy (non-hydrogen) atoms. The van der Waals surface area contributed by atoms with E-state index in [-0.39, 0.29) is 11.8 Å². The van der Waals surface area contributed by atoms with Gasteiger partial charge in [0.15, 0.2) is 5.78 Å². The second-order valence-corrected chi connectivity index (χ2v) is 5.17. The van der Waals surface area contributed by atoms with Crippen LogP contribution in [0.2, 0.25) is 0 Å². The topological polar surface area (TPSA) is 32.3 Å². The minimum Gasteiger partial charge on any atom is -0.372 e. The van der Waals surface area contributed by atoms with Crippen LogP contribution in [0.4, 0.5) is 11.4 Å². The lowest BCUT2D eigenvalue weighted by molar-refractivity contribution is 0.104. The molecule has 0 fully saturated rings. The molecule has 0 saturated carbocycles. The summed E-state index contributed by atoms with van der Waals surface area (Å²) in [6.07, 6.45) is 1.75. The van der Waals surface area contributed by atoms with Gasteiger partial charge in [0.05, 0.1) is 6.04 Å². The van der Waals surface area contributed by atoms with E-state index in [1.54, 1.807) is 6.08 Å². The molecular weight excluding hydrogens is 248 g/mol. The number of anilines is 2. The Morgan fingerprint density at radius 3 is 2.70 bits per heavy atom. The van der Waals surface area contributed by atoms with E-state index >= 15 is 0 Å². The van der Waals surface area contributed by atoms with E-state index in [0.29, 0.717) is 0 Å². The molecule has 0 unspecified atom stereocenters. The number of carbonyl (C=O) groups excluding carboxylic acids is 1. The van der Waals surface area contributed by atoms with E-state index in [4.69, 9.17) is 0 Å². The van der Waals surface area contributed by atoms with Crippen molar-refractivity contribution in [3.05, 3.63) is 71.4 Å². The zero-order valence-electron chi connectivity index (χ0n) is 11.1. The average molecular weight is 262 g/mol. The van der Waals surface area contributed by atoms with Crippen LogP contribution in [-0.4, -0.2) is 12.8 Å². The monoisotopic (exact) mass is 262 g/mol. The standard InChI is InChI=1S/C17H14N2O/c1-19-14-9-5-3-7-12(14)17-15(19)10-16(20)11-6-2-4-8-13(11)18-17/h2-10,17-18H,1H3/t17-/m1/s1. The maximum Gasteiger partial charge on any atom is 0.189 e. The number of ketones is 1. The Bertz CT molecular complexity index is 748. The number of benzene rings is 2. The van der Waals surface area contributed by atoms with Crippen molar-refractivity contribution < 1.29 is 4.79 Å². The summed E-state index contributed by atoms with van der Waals surface area (Å²) in [5.74, 6) is 0.0604. The highest BCUT2D eigenvalue weighted by molar-refractivity contribution is 6.10. The summed E-state index contributed by atoms with van der Waals surface area (Å²) < 4.78 is 0. The van der Waals surface area contributed by atoms with Crippen molar-refractivity contribution in [3.8, 4) is 0 Å². The van der Waals surface area contributed by atoms with Crippen LogP contribution in [0.3, 0.4) is 0 Å². The van der Waals surface area contributed by atoms with Crippen molar-refractivity contribution in [2.24, 2.45) is 0 Å². The molecule has 98 valence electrons. The lowest BCUT2D eigenvalue weighted by atomic mass is 10.1. The predicted octanol–water partition coefficient (Wildman–Crippen LogP) is 3.37. The molecule has 3 heteroatoms. The highest BCUT2D eigenvalue weighted by Gasteiger charge is 2.34. The van der Waals surface area contributed by atoms with Gasteiger partial charge in [0.1, 0.15) is 0 Å². The molecule has 2 aromatic carbocycles. The maximum atomic E-state index is 12.4. The Kier molecular flexibility index (Phi) is 2.24. The van der Waals surface area contributed by atoms with E-state index in [1.165, 1.54) is 5.56 Å². The van der Waals surface area contributed by atoms with Crippen LogP contribution >= 0.6 is 0 Å². The second-order valence-electron chi connectivity index (χ2n) is 5.17. The predicted molar refractivity (Wildman–Crippen MR) is 80.1 cm³/mol. The number of allylic oxidation sites excluding steroid dienone is 1. The summed E-state index contributed by atoms with van der Waals surface area (Å²) in [5.41, 5.74) is 5.01. The number of fused-ring (bicyclic) bond motifs is 4. The molecular formula is C17H14N2O. The van der Waals surface area contributed by atoms with Gasteiger partial charge >= 0.3 is 0 Å². The molecule has 0 amide bonds. The first-order chi connectivity index (χ1) is 9.75. The molecule has 0 aliphatic carbocycles. The number of nitrogens with one attached hydrogen (secondary N) is 1. The maximum absolute atomic E-state index is 12.4. The first-order valence-corrected chi connectivity index (χ1v) is 6.70. The molecule has 2 aliphatic rings. The van der Waals surface area contributed by atoms with Gasteiger partial charge in [-0.1, -0.05) is 30.3 Å². The van der Waals surface area contributed by atoms with Gasteiger partial charge in [-0.05, 0) is 18.2 Å². The van der Waals surface area contributed by atoms with E-state index in [9.17, 15) is 4.79 Å². The van der Waals surface area contributed by atoms with Crippen molar-refractivity contribution in [2.45, 2.75) is 6.04 Å². The fourth-order valence-electron chi connectivity index (χ4n) is 3.05. The van der Waals surface area contributed by atoms with Crippen molar-refractivity contribution in [1.82, 2.24) is 0 Å². The highest BCUT2D eigenvalue weighted by Crippen LogP contribution is 2.44. The van der Waals surface area contributed by atoms with Crippen molar-refractivity contribution in [2.75, 3.05) is 17.3 Å². The third-order valence-corrected chi connectivity index (χ3v) is 4.06. The molecule has 0 radical (unpaired) electrons. The first-order valence-electron chi connectivity index (χ1n) is 6.70. The van der Waals surface area contributed by atoms with Crippen LogP contribution in [-0.2, 0) is 0 Å². The van der Waals surface area contributed by atoms with Crippen LogP contribution < -0.4 is 10.2 Å². The number of hydrogen-bond acceptors (Lipinski definition) is 3. The Labute approximate surface area is 117 Å². The molecule has 2 aliphatic heterocycles. The molecule has 0 bridgehead atoms. The largest absolute Gasteiger partial charge is 0.372 e. The van der Waals surface area contributed by atoms with Crippen LogP contribution in [0, 0.1) is 0 Å². The quantitative estimate of drug-likeness (QED) is 0.790. The lowest BCUT2D eigenvalue weighted by Gasteiger charge is -2.18. The summed E-state index contributed by atoms with van der Waals surface area (Å²) in [6.45, 7) is 0. The Morgan fingerprint density at radius 2 is 1.80 bits per heavy atom. The van der Waals surface area contributed by atoms with E-state index in [1.807, 2.05) is 43.4 Å². The van der Waals surface area contributed by atoms with Gasteiger partial charge in [0.2, 0.25) is 0 Å². The summed E-state index contributed by atoms with van der Waals surface area (Å²) in [6, 6.07) is 16.0. The van der Waals surface area contributed by atoms with Gasteiger partial charge < -0.3 is 10.2 Å². The Morgan fingerprint density at radius 1 is 1.05 bits per heavy atom. The number of para-hydroxylation sites is 2. The van der Waals surface area contributed by atoms with E-state index in [2.05, 4.69) is 22.3 Å². The third-order valence-electron chi connectivity index (χ3n) is 4.06. The SMILES string of the molecule is CN1C2=CC(=O)c3ccccc3N[C@@H]2c2ccccc21. The van der Waals surface area contributed by atoms with E-state index in [0.717, 1.165) is 22.6 Å². The molecule has 2 aromatic rings. The van der Waals surface area contributed by atoms with Gasteiger partial charge in [0, 0.05) is 41.3 Å². The summed E-state index contributed by atoms with van der Waals surface area (Å²) >= 11 is 0. The van der Waals surface area contributed by atoms with Crippen LogP contribution in [0.15, 0.2) is 60.3 Å². The zero-order chi connectivity index (χ0) is 13.7. The number of hydrogen-bond donors (Lipinski definition) is 1. The van der Waals surface area contributed by atoms with Crippen molar-refractivity contribution in [3.63, 3.8) is 0 Å². The molecule has 0 aromatic heterocycles. The number of nitrogens with zero attached hydrogens (tertiary/aromatic N) is 1. The molecule has 2 heterocycles. The summed E-state index contributed by atoms with van der Waals surface area (Å²) in [4.78, 5) is 14.5. The fraction of sp³-hybridized carbons (Fsp3) is 0.118. The third kappa shape index (κ3) is 1.43. The lowest BCUT2D eigenvalue weighted by Crippen LogP contribution is -2.17. The molecule has 0 saturated heterocycles. The zero-order valence-corrected chi connectivity index (χ0v) is 11.1. The Hall–Kier alpha value is -2.55. The van der Waals surface area contributed by atoms with Gasteiger partial charge in [-0.3, -0.25) is 4.79 Å². The van der Waals surface area contributed by atoms with Gasteiger partial charge in [-0.2, -0.15) is 0 Å². The van der Waals surface area contributed by atoms with Crippen LogP contribution in [0.25, 0.3) is 0 Å². The minimum atomic E-state index is 0.0452. The smallest absolute Gasteiger partial charge is 0.189 e. The molecule has 1 atom stereocenters. The molecule has 1 N–H and O–H groups in total. The van der Waals surface area contributed by atoms with Crippen molar-refractivity contribution >= 4 is 17.2 Å². The number of carbonyl (C=O) groups is 1. The molecule has 0 spiro atoms. The normalized spacial score (nSPS) is 19.4. The number of rotatable bonds is 0. The molecule has 3 nitrogen and oxygen atoms in total.